The van der Waals surface area contributed by atoms with Crippen molar-refractivity contribution in [1.82, 2.24) is 0 Å². The number of amides is 1. The zero-order valence-corrected chi connectivity index (χ0v) is 17.0. The lowest BCUT2D eigenvalue weighted by Gasteiger charge is -2.25. The molecule has 29 heavy (non-hydrogen) atoms. The summed E-state index contributed by atoms with van der Waals surface area (Å²) < 4.78 is 40.7. The van der Waals surface area contributed by atoms with Gasteiger partial charge in [-0.15, -0.1) is 0 Å². The number of rotatable bonds is 6. The molecule has 0 heterocycles. The summed E-state index contributed by atoms with van der Waals surface area (Å²) in [6.07, 6.45) is 0. The molecule has 0 aliphatic carbocycles. The van der Waals surface area contributed by atoms with Gasteiger partial charge < -0.3 is 5.32 Å². The molecule has 0 spiro atoms. The number of carbonyl (C=O) groups excluding carboxylic acids is 1. The average molecular weight is 433 g/mol. The molecule has 0 bridgehead atoms. The number of nitrogens with zero attached hydrogens (tertiary/aromatic N) is 1. The first-order valence-corrected chi connectivity index (χ1v) is 10.5. The van der Waals surface area contributed by atoms with Crippen LogP contribution in [0.4, 0.5) is 15.8 Å². The molecule has 0 fully saturated rings. The van der Waals surface area contributed by atoms with Crippen molar-refractivity contribution < 1.29 is 17.6 Å². The van der Waals surface area contributed by atoms with Crippen molar-refractivity contribution in [2.75, 3.05) is 16.2 Å². The Morgan fingerprint density at radius 3 is 2.24 bits per heavy atom. The van der Waals surface area contributed by atoms with E-state index < -0.39 is 28.3 Å². The molecule has 0 aliphatic rings. The minimum Gasteiger partial charge on any atom is -0.325 e. The van der Waals surface area contributed by atoms with Crippen LogP contribution >= 0.6 is 11.6 Å². The molecule has 1 amide bonds. The van der Waals surface area contributed by atoms with E-state index in [1.165, 1.54) is 48.5 Å². The Morgan fingerprint density at radius 2 is 1.62 bits per heavy atom. The van der Waals surface area contributed by atoms with Crippen LogP contribution in [-0.4, -0.2) is 20.9 Å². The topological polar surface area (TPSA) is 66.5 Å². The fourth-order valence-corrected chi connectivity index (χ4v) is 4.35. The minimum atomic E-state index is -4.03. The van der Waals surface area contributed by atoms with E-state index in [1.54, 1.807) is 31.2 Å². The second kappa shape index (κ2) is 8.63. The summed E-state index contributed by atoms with van der Waals surface area (Å²) in [4.78, 5) is 12.6. The van der Waals surface area contributed by atoms with Crippen LogP contribution in [0.5, 0.6) is 0 Å². The Morgan fingerprint density at radius 1 is 1.00 bits per heavy atom. The van der Waals surface area contributed by atoms with Gasteiger partial charge in [0.25, 0.3) is 10.0 Å². The van der Waals surface area contributed by atoms with E-state index in [0.717, 1.165) is 4.31 Å². The largest absolute Gasteiger partial charge is 0.325 e. The van der Waals surface area contributed by atoms with Gasteiger partial charge in [0, 0.05) is 10.7 Å². The monoisotopic (exact) mass is 432 g/mol. The summed E-state index contributed by atoms with van der Waals surface area (Å²) in [6, 6.07) is 17.8. The lowest BCUT2D eigenvalue weighted by molar-refractivity contribution is -0.114. The van der Waals surface area contributed by atoms with Gasteiger partial charge in [0.05, 0.1) is 10.6 Å². The van der Waals surface area contributed by atoms with E-state index >= 15 is 0 Å². The molecular weight excluding hydrogens is 415 g/mol. The fraction of sp³-hybridized carbons (Fsp3) is 0.0952. The molecule has 3 aromatic rings. The molecule has 0 aromatic heterocycles. The Hall–Kier alpha value is -2.90. The molecule has 8 heteroatoms. The zero-order chi connectivity index (χ0) is 21.0. The van der Waals surface area contributed by atoms with Crippen LogP contribution in [-0.2, 0) is 14.8 Å². The molecule has 0 saturated carbocycles. The van der Waals surface area contributed by atoms with Crippen molar-refractivity contribution in [2.24, 2.45) is 0 Å². The van der Waals surface area contributed by atoms with E-state index in [1.807, 2.05) is 0 Å². The minimum absolute atomic E-state index is 0.0136. The van der Waals surface area contributed by atoms with Gasteiger partial charge in [-0.05, 0) is 67.1 Å². The van der Waals surface area contributed by atoms with Crippen molar-refractivity contribution in [1.29, 1.82) is 0 Å². The molecule has 150 valence electrons. The number of halogens is 2. The molecule has 3 aromatic carbocycles. The predicted octanol–water partition coefficient (Wildman–Crippen LogP) is 4.62. The summed E-state index contributed by atoms with van der Waals surface area (Å²) in [7, 11) is -4.03. The van der Waals surface area contributed by atoms with Crippen LogP contribution in [0.15, 0.2) is 77.7 Å². The van der Waals surface area contributed by atoms with Crippen LogP contribution in [0.25, 0.3) is 0 Å². The van der Waals surface area contributed by atoms with Crippen LogP contribution in [0, 0.1) is 12.7 Å². The molecule has 5 nitrogen and oxygen atoms in total. The number of sulfonamides is 1. The zero-order valence-electron chi connectivity index (χ0n) is 15.5. The highest BCUT2D eigenvalue weighted by atomic mass is 35.5. The Kier molecular flexibility index (Phi) is 6.20. The Labute approximate surface area is 173 Å². The maximum Gasteiger partial charge on any atom is 0.264 e. The number of hydrogen-bond acceptors (Lipinski definition) is 3. The maximum absolute atomic E-state index is 13.3. The smallest absolute Gasteiger partial charge is 0.264 e. The van der Waals surface area contributed by atoms with E-state index in [0.29, 0.717) is 22.0 Å². The van der Waals surface area contributed by atoms with Gasteiger partial charge in [-0.25, -0.2) is 12.8 Å². The van der Waals surface area contributed by atoms with Crippen molar-refractivity contribution >= 4 is 38.9 Å². The number of aryl methyl sites for hydroxylation is 1. The van der Waals surface area contributed by atoms with Crippen LogP contribution in [0.1, 0.15) is 5.56 Å². The second-order valence-corrected chi connectivity index (χ2v) is 8.61. The summed E-state index contributed by atoms with van der Waals surface area (Å²) in [6.45, 7) is 1.31. The maximum atomic E-state index is 13.3. The molecule has 3 rings (SSSR count). The summed E-state index contributed by atoms with van der Waals surface area (Å²) in [5.74, 6) is -0.993. The SMILES string of the molecule is Cc1ccccc1N(CC(=O)Nc1ccc(F)cc1)S(=O)(=O)c1ccc(Cl)cc1. The number of para-hydroxylation sites is 1. The molecule has 0 aliphatic heterocycles. The standard InChI is InChI=1S/C21H18ClFN2O3S/c1-15-4-2-3-5-20(15)25(29(27,28)19-12-6-16(22)7-13-19)14-21(26)24-18-10-8-17(23)9-11-18/h2-13H,14H2,1H3,(H,24,26). The third-order valence-corrected chi connectivity index (χ3v) is 6.23. The molecule has 0 unspecified atom stereocenters. The highest BCUT2D eigenvalue weighted by Crippen LogP contribution is 2.27. The quantitative estimate of drug-likeness (QED) is 0.618. The third-order valence-electron chi connectivity index (χ3n) is 4.20. The Bertz CT molecular complexity index is 1120. The number of nitrogens with one attached hydrogen (secondary N) is 1. The van der Waals surface area contributed by atoms with Crippen LogP contribution in [0.2, 0.25) is 5.02 Å². The summed E-state index contributed by atoms with van der Waals surface area (Å²) >= 11 is 5.87. The predicted molar refractivity (Wildman–Crippen MR) is 112 cm³/mol. The van der Waals surface area contributed by atoms with Crippen molar-refractivity contribution in [3.63, 3.8) is 0 Å². The van der Waals surface area contributed by atoms with Gasteiger partial charge in [-0.1, -0.05) is 29.8 Å². The lowest BCUT2D eigenvalue weighted by atomic mass is 10.2. The summed E-state index contributed by atoms with van der Waals surface area (Å²) in [5.41, 5.74) is 1.45. The van der Waals surface area contributed by atoms with Gasteiger partial charge in [-0.2, -0.15) is 0 Å². The third kappa shape index (κ3) is 4.93. The average Bonchev–Trinajstić information content (AvgIpc) is 2.69. The number of anilines is 2. The van der Waals surface area contributed by atoms with Gasteiger partial charge in [-0.3, -0.25) is 9.10 Å². The first-order chi connectivity index (χ1) is 13.8. The first-order valence-electron chi connectivity index (χ1n) is 8.67. The highest BCUT2D eigenvalue weighted by molar-refractivity contribution is 7.92. The summed E-state index contributed by atoms with van der Waals surface area (Å²) in [5, 5.41) is 2.99. The molecular formula is C21H18ClFN2O3S. The fourth-order valence-electron chi connectivity index (χ4n) is 2.74. The van der Waals surface area contributed by atoms with Crippen molar-refractivity contribution in [3.05, 3.63) is 89.2 Å². The molecule has 0 saturated heterocycles. The number of benzene rings is 3. The Balaban J connectivity index is 1.95. The van der Waals surface area contributed by atoms with Crippen molar-refractivity contribution in [2.45, 2.75) is 11.8 Å². The van der Waals surface area contributed by atoms with Crippen molar-refractivity contribution in [3.8, 4) is 0 Å². The molecule has 1 N–H and O–H groups in total. The number of carbonyl (C=O) groups is 1. The van der Waals surface area contributed by atoms with Crippen LogP contribution < -0.4 is 9.62 Å². The lowest BCUT2D eigenvalue weighted by Crippen LogP contribution is -2.38. The van der Waals surface area contributed by atoms with Crippen LogP contribution in [0.3, 0.4) is 0 Å². The van der Waals surface area contributed by atoms with Gasteiger partial charge in [0.15, 0.2) is 0 Å². The first kappa shape index (κ1) is 20.8. The van der Waals surface area contributed by atoms with Gasteiger partial charge >= 0.3 is 0 Å². The van der Waals surface area contributed by atoms with Gasteiger partial charge in [0.2, 0.25) is 5.91 Å². The van der Waals surface area contributed by atoms with E-state index in [2.05, 4.69) is 5.32 Å². The van der Waals surface area contributed by atoms with E-state index in [4.69, 9.17) is 11.6 Å². The second-order valence-electron chi connectivity index (χ2n) is 6.31. The normalized spacial score (nSPS) is 11.1. The van der Waals surface area contributed by atoms with E-state index in [-0.39, 0.29) is 4.90 Å². The highest BCUT2D eigenvalue weighted by Gasteiger charge is 2.28. The number of hydrogen-bond donors (Lipinski definition) is 1. The molecule has 0 radical (unpaired) electrons. The van der Waals surface area contributed by atoms with Gasteiger partial charge in [0.1, 0.15) is 12.4 Å². The molecule has 0 atom stereocenters. The van der Waals surface area contributed by atoms with E-state index in [9.17, 15) is 17.6 Å².